The summed E-state index contributed by atoms with van der Waals surface area (Å²) in [6.45, 7) is 0. The van der Waals surface area contributed by atoms with Crippen LogP contribution in [0.25, 0.3) is 11.0 Å². The summed E-state index contributed by atoms with van der Waals surface area (Å²) in [5.74, 6) is -4.31. The van der Waals surface area contributed by atoms with Crippen molar-refractivity contribution in [3.05, 3.63) is 35.8 Å². The molecular formula is C11H7F4NO3. The van der Waals surface area contributed by atoms with Crippen LogP contribution in [0.1, 0.15) is 5.76 Å². The molecule has 1 unspecified atom stereocenters. The van der Waals surface area contributed by atoms with Crippen molar-refractivity contribution >= 4 is 16.9 Å². The number of benzene rings is 1. The van der Waals surface area contributed by atoms with Gasteiger partial charge < -0.3 is 15.3 Å². The molecule has 0 amide bonds. The van der Waals surface area contributed by atoms with Crippen molar-refractivity contribution < 1.29 is 31.9 Å². The van der Waals surface area contributed by atoms with Crippen LogP contribution in [0.4, 0.5) is 17.6 Å². The number of carboxylic acid groups (broad SMARTS) is 1. The van der Waals surface area contributed by atoms with Crippen LogP contribution in [-0.4, -0.2) is 17.3 Å². The van der Waals surface area contributed by atoms with Gasteiger partial charge in [-0.25, -0.2) is 9.18 Å². The fourth-order valence-corrected chi connectivity index (χ4v) is 1.59. The van der Waals surface area contributed by atoms with Gasteiger partial charge in [0.05, 0.1) is 0 Å². The third kappa shape index (κ3) is 1.84. The first-order valence-electron chi connectivity index (χ1n) is 4.95. The van der Waals surface area contributed by atoms with E-state index in [-0.39, 0.29) is 5.39 Å². The highest BCUT2D eigenvalue weighted by atomic mass is 19.4. The largest absolute Gasteiger partial charge is 0.479 e. The summed E-state index contributed by atoms with van der Waals surface area (Å²) in [4.78, 5) is 10.8. The molecule has 0 aliphatic carbocycles. The van der Waals surface area contributed by atoms with E-state index in [2.05, 4.69) is 4.42 Å². The minimum Gasteiger partial charge on any atom is -0.479 e. The Morgan fingerprint density at radius 1 is 1.32 bits per heavy atom. The fraction of sp³-hybridized carbons (Fsp3) is 0.182. The van der Waals surface area contributed by atoms with Crippen molar-refractivity contribution in [1.29, 1.82) is 0 Å². The van der Waals surface area contributed by atoms with Crippen molar-refractivity contribution in [1.82, 2.24) is 0 Å². The molecule has 0 fully saturated rings. The molecule has 0 saturated heterocycles. The highest BCUT2D eigenvalue weighted by Gasteiger charge is 2.62. The molecule has 4 nitrogen and oxygen atoms in total. The number of aliphatic carboxylic acids is 1. The van der Waals surface area contributed by atoms with E-state index in [1.807, 2.05) is 0 Å². The number of fused-ring (bicyclic) bond motifs is 1. The number of halogens is 4. The third-order valence-electron chi connectivity index (χ3n) is 2.67. The predicted molar refractivity (Wildman–Crippen MR) is 55.7 cm³/mol. The van der Waals surface area contributed by atoms with Gasteiger partial charge in [-0.2, -0.15) is 13.2 Å². The van der Waals surface area contributed by atoms with E-state index in [9.17, 15) is 22.4 Å². The van der Waals surface area contributed by atoms with E-state index >= 15 is 0 Å². The molecule has 8 heteroatoms. The lowest BCUT2D eigenvalue weighted by Crippen LogP contribution is -2.56. The van der Waals surface area contributed by atoms with Gasteiger partial charge in [0, 0.05) is 5.39 Å². The van der Waals surface area contributed by atoms with E-state index in [0.717, 1.165) is 12.1 Å². The van der Waals surface area contributed by atoms with Gasteiger partial charge in [-0.3, -0.25) is 0 Å². The average molecular weight is 277 g/mol. The molecule has 2 aromatic rings. The lowest BCUT2D eigenvalue weighted by molar-refractivity contribution is -0.208. The number of hydrogen-bond donors (Lipinski definition) is 2. The van der Waals surface area contributed by atoms with Gasteiger partial charge >= 0.3 is 12.1 Å². The Morgan fingerprint density at radius 3 is 2.42 bits per heavy atom. The van der Waals surface area contributed by atoms with Crippen LogP contribution in [0, 0.1) is 5.82 Å². The van der Waals surface area contributed by atoms with E-state index in [1.54, 1.807) is 0 Å². The fourth-order valence-electron chi connectivity index (χ4n) is 1.59. The van der Waals surface area contributed by atoms with Crippen molar-refractivity contribution in [3.63, 3.8) is 0 Å². The van der Waals surface area contributed by atoms with Gasteiger partial charge in [0.1, 0.15) is 5.76 Å². The molecule has 3 N–H and O–H groups in total. The molecule has 0 aliphatic rings. The standard InChI is InChI=1S/C11H7F4NO3/c12-6-3-1-2-5-4-7(19-8(5)6)10(16,9(17)18)11(13,14)15/h1-4H,16H2,(H,17,18). The Morgan fingerprint density at radius 2 is 1.95 bits per heavy atom. The second-order valence-electron chi connectivity index (χ2n) is 3.88. The van der Waals surface area contributed by atoms with Gasteiger partial charge in [0.25, 0.3) is 5.54 Å². The molecule has 2 rings (SSSR count). The normalized spacial score (nSPS) is 15.4. The minimum absolute atomic E-state index is 0.00433. The van der Waals surface area contributed by atoms with Crippen LogP contribution in [0.3, 0.4) is 0 Å². The van der Waals surface area contributed by atoms with E-state index in [0.29, 0.717) is 0 Å². The molecule has 1 heterocycles. The predicted octanol–water partition coefficient (Wildman–Crippen LogP) is 2.37. The molecule has 102 valence electrons. The highest BCUT2D eigenvalue weighted by Crippen LogP contribution is 2.39. The summed E-state index contributed by atoms with van der Waals surface area (Å²) in [5.41, 5.74) is 0.714. The zero-order valence-electron chi connectivity index (χ0n) is 9.16. The first-order valence-corrected chi connectivity index (χ1v) is 4.95. The van der Waals surface area contributed by atoms with Crippen LogP contribution in [0.15, 0.2) is 28.7 Å². The van der Waals surface area contributed by atoms with Crippen molar-refractivity contribution in [2.75, 3.05) is 0 Å². The number of carboxylic acids is 1. The molecule has 0 aliphatic heterocycles. The van der Waals surface area contributed by atoms with Crippen LogP contribution in [-0.2, 0) is 10.3 Å². The number of rotatable bonds is 2. The first kappa shape index (κ1) is 13.3. The maximum absolute atomic E-state index is 13.3. The number of hydrogen-bond acceptors (Lipinski definition) is 3. The minimum atomic E-state index is -5.29. The zero-order chi connectivity index (χ0) is 14.4. The second-order valence-corrected chi connectivity index (χ2v) is 3.88. The smallest absolute Gasteiger partial charge is 0.424 e. The molecule has 1 atom stereocenters. The third-order valence-corrected chi connectivity index (χ3v) is 2.67. The topological polar surface area (TPSA) is 76.5 Å². The quantitative estimate of drug-likeness (QED) is 0.826. The molecular weight excluding hydrogens is 270 g/mol. The van der Waals surface area contributed by atoms with Crippen LogP contribution >= 0.6 is 0 Å². The Labute approximate surface area is 103 Å². The van der Waals surface area contributed by atoms with E-state index in [1.165, 1.54) is 12.1 Å². The summed E-state index contributed by atoms with van der Waals surface area (Å²) in [6.07, 6.45) is -5.29. The van der Waals surface area contributed by atoms with Crippen LogP contribution in [0.5, 0.6) is 0 Å². The molecule has 1 aromatic carbocycles. The van der Waals surface area contributed by atoms with Gasteiger partial charge in [-0.1, -0.05) is 12.1 Å². The van der Waals surface area contributed by atoms with Crippen molar-refractivity contribution in [2.24, 2.45) is 5.73 Å². The number of nitrogens with two attached hydrogens (primary N) is 1. The van der Waals surface area contributed by atoms with Gasteiger partial charge in [-0.05, 0) is 12.1 Å². The summed E-state index contributed by atoms with van der Waals surface area (Å²) in [5, 5.41) is 8.71. The summed E-state index contributed by atoms with van der Waals surface area (Å²) in [7, 11) is 0. The lowest BCUT2D eigenvalue weighted by atomic mass is 9.97. The van der Waals surface area contributed by atoms with E-state index < -0.39 is 34.8 Å². The van der Waals surface area contributed by atoms with Crippen LogP contribution in [0.2, 0.25) is 0 Å². The van der Waals surface area contributed by atoms with E-state index in [4.69, 9.17) is 10.8 Å². The molecule has 1 aromatic heterocycles. The Hall–Kier alpha value is -2.09. The molecule has 0 bridgehead atoms. The van der Waals surface area contributed by atoms with Crippen LogP contribution < -0.4 is 5.73 Å². The lowest BCUT2D eigenvalue weighted by Gasteiger charge is -2.24. The maximum Gasteiger partial charge on any atom is 0.424 e. The zero-order valence-corrected chi connectivity index (χ0v) is 9.16. The number of alkyl halides is 3. The molecule has 0 radical (unpaired) electrons. The SMILES string of the molecule is NC(C(=O)O)(c1cc2cccc(F)c2o1)C(F)(F)F. The monoisotopic (exact) mass is 277 g/mol. The Bertz CT molecular complexity index is 649. The number of para-hydroxylation sites is 1. The first-order chi connectivity index (χ1) is 8.68. The van der Waals surface area contributed by atoms with Crippen molar-refractivity contribution in [3.8, 4) is 0 Å². The molecule has 0 spiro atoms. The molecule has 0 saturated carbocycles. The Kier molecular flexibility index (Phi) is 2.78. The molecule has 19 heavy (non-hydrogen) atoms. The number of furan rings is 1. The Balaban J connectivity index is 2.71. The summed E-state index contributed by atoms with van der Waals surface area (Å²) < 4.78 is 56.4. The summed E-state index contributed by atoms with van der Waals surface area (Å²) in [6, 6.07) is 4.27. The number of carbonyl (C=O) groups is 1. The van der Waals surface area contributed by atoms with Crippen molar-refractivity contribution in [2.45, 2.75) is 11.7 Å². The van der Waals surface area contributed by atoms with Gasteiger partial charge in [-0.15, -0.1) is 0 Å². The van der Waals surface area contributed by atoms with Gasteiger partial charge in [0.2, 0.25) is 0 Å². The average Bonchev–Trinajstić information content (AvgIpc) is 2.71. The maximum atomic E-state index is 13.3. The summed E-state index contributed by atoms with van der Waals surface area (Å²) >= 11 is 0. The van der Waals surface area contributed by atoms with Gasteiger partial charge in [0.15, 0.2) is 11.4 Å². The second kappa shape index (κ2) is 3.95. The highest BCUT2D eigenvalue weighted by molar-refractivity contribution is 5.85.